The van der Waals surface area contributed by atoms with Crippen molar-refractivity contribution >= 4 is 35.5 Å². The van der Waals surface area contributed by atoms with E-state index in [0.717, 1.165) is 9.80 Å². The topological polar surface area (TPSA) is 114 Å². The molecule has 34 heavy (non-hydrogen) atoms. The van der Waals surface area contributed by atoms with Crippen molar-refractivity contribution in [3.05, 3.63) is 53.6 Å². The van der Waals surface area contributed by atoms with Crippen LogP contribution in [-0.2, 0) is 14.4 Å². The molecular weight excluding hydrogens is 442 g/mol. The first-order valence-corrected chi connectivity index (χ1v) is 10.3. The van der Waals surface area contributed by atoms with E-state index < -0.39 is 17.8 Å². The minimum Gasteiger partial charge on any atom is -0.493 e. The van der Waals surface area contributed by atoms with Crippen LogP contribution in [0, 0.1) is 0 Å². The number of nitrogens with one attached hydrogen (secondary N) is 1. The van der Waals surface area contributed by atoms with Gasteiger partial charge in [-0.3, -0.25) is 24.2 Å². The number of barbiturate groups is 1. The summed E-state index contributed by atoms with van der Waals surface area (Å²) >= 11 is 0. The third-order valence-electron chi connectivity index (χ3n) is 4.93. The fourth-order valence-corrected chi connectivity index (χ4v) is 3.18. The molecule has 0 spiro atoms. The number of nitrogens with zero attached hydrogens (tertiary/aromatic N) is 2. The van der Waals surface area contributed by atoms with Crippen molar-refractivity contribution in [3.8, 4) is 17.2 Å². The molecule has 2 aromatic carbocycles. The molecule has 10 nitrogen and oxygen atoms in total. The predicted molar refractivity (Wildman–Crippen MR) is 124 cm³/mol. The van der Waals surface area contributed by atoms with E-state index in [9.17, 15) is 19.2 Å². The Balaban J connectivity index is 1.62. The summed E-state index contributed by atoms with van der Waals surface area (Å²) in [6.07, 6.45) is 1.41. The van der Waals surface area contributed by atoms with Crippen molar-refractivity contribution in [3.63, 3.8) is 0 Å². The highest BCUT2D eigenvalue weighted by Gasteiger charge is 2.37. The molecule has 5 amide bonds. The van der Waals surface area contributed by atoms with Crippen LogP contribution in [0.3, 0.4) is 0 Å². The van der Waals surface area contributed by atoms with Crippen LogP contribution in [-0.4, -0.2) is 68.0 Å². The summed E-state index contributed by atoms with van der Waals surface area (Å²) in [5.74, 6) is -0.00131. The van der Waals surface area contributed by atoms with Crippen LogP contribution < -0.4 is 19.5 Å². The summed E-state index contributed by atoms with van der Waals surface area (Å²) < 4.78 is 16.8. The Kier molecular flexibility index (Phi) is 7.52. The van der Waals surface area contributed by atoms with Crippen molar-refractivity contribution in [1.82, 2.24) is 9.80 Å². The minimum atomic E-state index is -0.681. The molecule has 0 bridgehead atoms. The van der Waals surface area contributed by atoms with Gasteiger partial charge in [-0.2, -0.15) is 0 Å². The third kappa shape index (κ3) is 5.52. The highest BCUT2D eigenvalue weighted by atomic mass is 16.5. The fraction of sp³-hybridized carbons (Fsp3) is 0.250. The molecule has 0 saturated carbocycles. The number of carbonyl (C=O) groups excluding carboxylic acids is 4. The maximum Gasteiger partial charge on any atom is 0.333 e. The molecule has 1 heterocycles. The lowest BCUT2D eigenvalue weighted by Gasteiger charge is -2.28. The molecule has 0 radical (unpaired) electrons. The zero-order valence-corrected chi connectivity index (χ0v) is 19.3. The van der Waals surface area contributed by atoms with E-state index in [2.05, 4.69) is 5.32 Å². The summed E-state index contributed by atoms with van der Waals surface area (Å²) in [4.78, 5) is 49.5. The standard InChI is InChI=1S/C24H25N3O7/c1-15(28)25-17-6-8-18(9-7-17)33-11-12-34-20-10-5-16(14-21(20)32-4)13-19-22(29)26(2)24(31)27(3)23(19)30/h5-10,13-14H,11-12H2,1-4H3,(H,25,28). The molecule has 1 aliphatic rings. The summed E-state index contributed by atoms with van der Waals surface area (Å²) in [6, 6.07) is 11.2. The van der Waals surface area contributed by atoms with E-state index in [4.69, 9.17) is 14.2 Å². The largest absolute Gasteiger partial charge is 0.493 e. The quantitative estimate of drug-likeness (QED) is 0.360. The van der Waals surface area contributed by atoms with E-state index in [1.54, 1.807) is 42.5 Å². The van der Waals surface area contributed by atoms with E-state index in [-0.39, 0.29) is 24.7 Å². The van der Waals surface area contributed by atoms with Crippen LogP contribution >= 0.6 is 0 Å². The molecule has 1 N–H and O–H groups in total. The number of carbonyl (C=O) groups is 4. The number of anilines is 1. The highest BCUT2D eigenvalue weighted by molar-refractivity contribution is 6.30. The number of urea groups is 1. The van der Waals surface area contributed by atoms with Crippen LogP contribution in [0.5, 0.6) is 17.2 Å². The van der Waals surface area contributed by atoms with Gasteiger partial charge in [-0.1, -0.05) is 6.07 Å². The van der Waals surface area contributed by atoms with Crippen molar-refractivity contribution in [2.45, 2.75) is 6.92 Å². The number of benzene rings is 2. The Morgan fingerprint density at radius 3 is 2.12 bits per heavy atom. The molecule has 1 saturated heterocycles. The second kappa shape index (κ2) is 10.5. The predicted octanol–water partition coefficient (Wildman–Crippen LogP) is 2.55. The maximum absolute atomic E-state index is 12.4. The van der Waals surface area contributed by atoms with Crippen LogP contribution in [0.25, 0.3) is 6.08 Å². The molecular formula is C24H25N3O7. The lowest BCUT2D eigenvalue weighted by atomic mass is 10.1. The van der Waals surface area contributed by atoms with Gasteiger partial charge in [0.1, 0.15) is 24.5 Å². The molecule has 0 aromatic heterocycles. The number of imide groups is 2. The second-order valence-corrected chi connectivity index (χ2v) is 7.38. The van der Waals surface area contributed by atoms with Crippen molar-refractivity contribution in [2.24, 2.45) is 0 Å². The molecule has 10 heteroatoms. The first-order valence-electron chi connectivity index (χ1n) is 10.3. The lowest BCUT2D eigenvalue weighted by Crippen LogP contribution is -2.52. The Morgan fingerprint density at radius 1 is 0.912 bits per heavy atom. The van der Waals surface area contributed by atoms with Crippen molar-refractivity contribution < 1.29 is 33.4 Å². The summed E-state index contributed by atoms with van der Waals surface area (Å²) in [7, 11) is 4.11. The maximum atomic E-state index is 12.4. The smallest absolute Gasteiger partial charge is 0.333 e. The average molecular weight is 467 g/mol. The van der Waals surface area contributed by atoms with Crippen LogP contribution in [0.15, 0.2) is 48.0 Å². The van der Waals surface area contributed by atoms with E-state index in [0.29, 0.717) is 28.5 Å². The molecule has 0 aliphatic carbocycles. The first-order chi connectivity index (χ1) is 16.2. The number of methoxy groups -OCH3 is 1. The van der Waals surface area contributed by atoms with Gasteiger partial charge >= 0.3 is 6.03 Å². The molecule has 3 rings (SSSR count). The monoisotopic (exact) mass is 467 g/mol. The number of hydrogen-bond donors (Lipinski definition) is 1. The van der Waals surface area contributed by atoms with Gasteiger partial charge in [-0.15, -0.1) is 0 Å². The van der Waals surface area contributed by atoms with Gasteiger partial charge in [0.05, 0.1) is 7.11 Å². The molecule has 0 atom stereocenters. The van der Waals surface area contributed by atoms with Gasteiger partial charge in [-0.25, -0.2) is 4.79 Å². The SMILES string of the molecule is COc1cc(C=C2C(=O)N(C)C(=O)N(C)C2=O)ccc1OCCOc1ccc(NC(C)=O)cc1. The number of hydrogen-bond acceptors (Lipinski definition) is 7. The van der Waals surface area contributed by atoms with Gasteiger partial charge in [0, 0.05) is 26.7 Å². The van der Waals surface area contributed by atoms with Gasteiger partial charge in [-0.05, 0) is 48.0 Å². The van der Waals surface area contributed by atoms with Gasteiger partial charge in [0.25, 0.3) is 11.8 Å². The average Bonchev–Trinajstić information content (AvgIpc) is 2.83. The van der Waals surface area contributed by atoms with Crippen LogP contribution in [0.2, 0.25) is 0 Å². The summed E-state index contributed by atoms with van der Waals surface area (Å²) in [5, 5.41) is 2.68. The molecule has 0 unspecified atom stereocenters. The normalized spacial score (nSPS) is 13.6. The van der Waals surface area contributed by atoms with Gasteiger partial charge in [0.15, 0.2) is 11.5 Å². The Bertz CT molecular complexity index is 1120. The third-order valence-corrected chi connectivity index (χ3v) is 4.93. The number of ether oxygens (including phenoxy) is 3. The minimum absolute atomic E-state index is 0.127. The van der Waals surface area contributed by atoms with Gasteiger partial charge < -0.3 is 19.5 Å². The highest BCUT2D eigenvalue weighted by Crippen LogP contribution is 2.29. The fourth-order valence-electron chi connectivity index (χ4n) is 3.18. The Hall–Kier alpha value is -4.34. The van der Waals surface area contributed by atoms with Crippen LogP contribution in [0.1, 0.15) is 12.5 Å². The molecule has 1 aliphatic heterocycles. The van der Waals surface area contributed by atoms with E-state index >= 15 is 0 Å². The van der Waals surface area contributed by atoms with Crippen molar-refractivity contribution in [2.75, 3.05) is 39.7 Å². The van der Waals surface area contributed by atoms with Gasteiger partial charge in [0.2, 0.25) is 5.91 Å². The molecule has 178 valence electrons. The first kappa shape index (κ1) is 24.3. The second-order valence-electron chi connectivity index (χ2n) is 7.38. The Labute approximate surface area is 196 Å². The molecule has 1 fully saturated rings. The van der Waals surface area contributed by atoms with Crippen molar-refractivity contribution in [1.29, 1.82) is 0 Å². The summed E-state index contributed by atoms with van der Waals surface area (Å²) in [6.45, 7) is 1.94. The van der Waals surface area contributed by atoms with E-state index in [1.807, 2.05) is 0 Å². The summed E-state index contributed by atoms with van der Waals surface area (Å²) in [5.41, 5.74) is 1.09. The zero-order chi connectivity index (χ0) is 24.8. The zero-order valence-electron chi connectivity index (χ0n) is 19.3. The Morgan fingerprint density at radius 2 is 1.53 bits per heavy atom. The van der Waals surface area contributed by atoms with Crippen LogP contribution in [0.4, 0.5) is 10.5 Å². The van der Waals surface area contributed by atoms with E-state index in [1.165, 1.54) is 34.2 Å². The molecule has 2 aromatic rings. The number of amides is 5. The lowest BCUT2D eigenvalue weighted by molar-refractivity contribution is -0.134. The number of rotatable bonds is 8. The number of likely N-dealkylation sites (N-methyl/N-ethyl adjacent to an activating group) is 2.